The van der Waals surface area contributed by atoms with Gasteiger partial charge in [-0.3, -0.25) is 4.68 Å². The lowest BCUT2D eigenvalue weighted by Crippen LogP contribution is -2.25. The normalized spacial score (nSPS) is 13.2. The van der Waals surface area contributed by atoms with Crippen LogP contribution in [0.3, 0.4) is 0 Å². The van der Waals surface area contributed by atoms with Gasteiger partial charge in [-0.2, -0.15) is 5.10 Å². The number of nitrogens with zero attached hydrogens (tertiary/aromatic N) is 4. The van der Waals surface area contributed by atoms with E-state index in [1.54, 1.807) is 11.0 Å². The Balaban J connectivity index is 2.26. The Kier molecular flexibility index (Phi) is 3.79. The van der Waals surface area contributed by atoms with E-state index in [0.29, 0.717) is 12.0 Å². The molecule has 1 unspecified atom stereocenters. The molecule has 0 aliphatic rings. The van der Waals surface area contributed by atoms with Crippen molar-refractivity contribution in [3.63, 3.8) is 0 Å². The van der Waals surface area contributed by atoms with Gasteiger partial charge in [0, 0.05) is 13.1 Å². The summed E-state index contributed by atoms with van der Waals surface area (Å²) >= 11 is 0. The number of anilines is 1. The molecule has 2 heterocycles. The lowest BCUT2D eigenvalue weighted by molar-refractivity contribution is 0.437. The average molecular weight is 247 g/mol. The predicted molar refractivity (Wildman–Crippen MR) is 73.5 cm³/mol. The van der Waals surface area contributed by atoms with Crippen molar-refractivity contribution in [3.8, 4) is 0 Å². The number of hydrogen-bond acceptors (Lipinski definition) is 4. The van der Waals surface area contributed by atoms with Crippen LogP contribution in [0.25, 0.3) is 11.0 Å². The second-order valence-electron chi connectivity index (χ2n) is 4.74. The molecule has 98 valence electrons. The van der Waals surface area contributed by atoms with Gasteiger partial charge in [0.15, 0.2) is 5.65 Å². The zero-order chi connectivity index (χ0) is 13.1. The van der Waals surface area contributed by atoms with Crippen LogP contribution in [0.5, 0.6) is 0 Å². The van der Waals surface area contributed by atoms with Crippen molar-refractivity contribution >= 4 is 16.9 Å². The first-order valence-electron chi connectivity index (χ1n) is 6.56. The molecule has 0 spiro atoms. The molecule has 0 fully saturated rings. The zero-order valence-corrected chi connectivity index (χ0v) is 11.5. The number of nitrogens with one attached hydrogen (secondary N) is 1. The van der Waals surface area contributed by atoms with Gasteiger partial charge in [0.05, 0.1) is 11.6 Å². The van der Waals surface area contributed by atoms with Crippen molar-refractivity contribution in [3.05, 3.63) is 12.5 Å². The molecule has 0 saturated carbocycles. The van der Waals surface area contributed by atoms with Gasteiger partial charge < -0.3 is 5.32 Å². The fourth-order valence-corrected chi connectivity index (χ4v) is 2.41. The third kappa shape index (κ3) is 2.30. The van der Waals surface area contributed by atoms with E-state index in [0.717, 1.165) is 16.9 Å². The third-order valence-corrected chi connectivity index (χ3v) is 3.65. The van der Waals surface area contributed by atoms with Crippen molar-refractivity contribution < 1.29 is 0 Å². The highest BCUT2D eigenvalue weighted by atomic mass is 15.3. The summed E-state index contributed by atoms with van der Waals surface area (Å²) in [5.74, 6) is 1.54. The summed E-state index contributed by atoms with van der Waals surface area (Å²) in [6, 6.07) is 0.401. The molecule has 1 N–H and O–H groups in total. The Morgan fingerprint density at radius 3 is 2.67 bits per heavy atom. The van der Waals surface area contributed by atoms with E-state index in [4.69, 9.17) is 0 Å². The summed E-state index contributed by atoms with van der Waals surface area (Å²) < 4.78 is 1.77. The second kappa shape index (κ2) is 5.33. The van der Waals surface area contributed by atoms with Crippen LogP contribution in [-0.2, 0) is 7.05 Å². The quantitative estimate of drug-likeness (QED) is 0.882. The van der Waals surface area contributed by atoms with Crippen molar-refractivity contribution in [2.75, 3.05) is 5.32 Å². The molecule has 0 aliphatic heterocycles. The maximum Gasteiger partial charge on any atom is 0.163 e. The van der Waals surface area contributed by atoms with Gasteiger partial charge in [-0.15, -0.1) is 0 Å². The summed E-state index contributed by atoms with van der Waals surface area (Å²) in [5, 5.41) is 8.70. The molecule has 0 saturated heterocycles. The first kappa shape index (κ1) is 12.8. The molecule has 0 bridgehead atoms. The van der Waals surface area contributed by atoms with Crippen LogP contribution >= 0.6 is 0 Å². The third-order valence-electron chi connectivity index (χ3n) is 3.65. The fraction of sp³-hybridized carbons (Fsp3) is 0.615. The molecule has 2 aromatic rings. The molecule has 0 aliphatic carbocycles. The molecular formula is C13H21N5. The Labute approximate surface area is 108 Å². The lowest BCUT2D eigenvalue weighted by atomic mass is 9.95. The van der Waals surface area contributed by atoms with Crippen molar-refractivity contribution in [1.29, 1.82) is 0 Å². The SMILES string of the molecule is CCC(CC)C(C)Nc1ncnc2c1cnn2C. The van der Waals surface area contributed by atoms with Crippen LogP contribution in [0.2, 0.25) is 0 Å². The van der Waals surface area contributed by atoms with E-state index in [1.807, 2.05) is 13.2 Å². The van der Waals surface area contributed by atoms with E-state index < -0.39 is 0 Å². The van der Waals surface area contributed by atoms with Crippen LogP contribution in [0, 0.1) is 5.92 Å². The standard InChI is InChI=1S/C13H21N5/c1-5-10(6-2)9(3)17-12-11-7-16-18(4)13(11)15-8-14-12/h7-10H,5-6H2,1-4H3,(H,14,15,17). The maximum atomic E-state index is 4.34. The summed E-state index contributed by atoms with van der Waals surface area (Å²) in [6.07, 6.45) is 5.75. The highest BCUT2D eigenvalue weighted by Crippen LogP contribution is 2.22. The van der Waals surface area contributed by atoms with E-state index >= 15 is 0 Å². The summed E-state index contributed by atoms with van der Waals surface area (Å²) in [5.41, 5.74) is 0.865. The molecule has 0 amide bonds. The van der Waals surface area contributed by atoms with Gasteiger partial charge in [0.1, 0.15) is 12.1 Å². The molecular weight excluding hydrogens is 226 g/mol. The molecule has 2 aromatic heterocycles. The molecule has 0 radical (unpaired) electrons. The fourth-order valence-electron chi connectivity index (χ4n) is 2.41. The lowest BCUT2D eigenvalue weighted by Gasteiger charge is -2.23. The predicted octanol–water partition coefficient (Wildman–Crippen LogP) is 2.60. The highest BCUT2D eigenvalue weighted by Gasteiger charge is 2.16. The van der Waals surface area contributed by atoms with Crippen molar-refractivity contribution in [1.82, 2.24) is 19.7 Å². The van der Waals surface area contributed by atoms with Crippen LogP contribution in [-0.4, -0.2) is 25.8 Å². The number of rotatable bonds is 5. The minimum Gasteiger partial charge on any atom is -0.367 e. The smallest absolute Gasteiger partial charge is 0.163 e. The number of aromatic nitrogens is 4. The minimum absolute atomic E-state index is 0.401. The molecule has 18 heavy (non-hydrogen) atoms. The van der Waals surface area contributed by atoms with Crippen LogP contribution in [0.15, 0.2) is 12.5 Å². The first-order valence-corrected chi connectivity index (χ1v) is 6.56. The largest absolute Gasteiger partial charge is 0.367 e. The summed E-state index contributed by atoms with van der Waals surface area (Å²) in [4.78, 5) is 8.58. The number of aryl methyl sites for hydroxylation is 1. The molecule has 5 heteroatoms. The Morgan fingerprint density at radius 1 is 1.28 bits per heavy atom. The van der Waals surface area contributed by atoms with E-state index in [2.05, 4.69) is 41.2 Å². The monoisotopic (exact) mass is 247 g/mol. The molecule has 1 atom stereocenters. The van der Waals surface area contributed by atoms with Gasteiger partial charge in [-0.05, 0) is 12.8 Å². The van der Waals surface area contributed by atoms with Gasteiger partial charge >= 0.3 is 0 Å². The molecule has 2 rings (SSSR count). The topological polar surface area (TPSA) is 55.6 Å². The Bertz CT molecular complexity index is 515. The number of hydrogen-bond donors (Lipinski definition) is 1. The van der Waals surface area contributed by atoms with Crippen LogP contribution in [0.1, 0.15) is 33.6 Å². The van der Waals surface area contributed by atoms with Crippen molar-refractivity contribution in [2.24, 2.45) is 13.0 Å². The molecule has 5 nitrogen and oxygen atoms in total. The zero-order valence-electron chi connectivity index (χ0n) is 11.5. The van der Waals surface area contributed by atoms with Gasteiger partial charge in [0.2, 0.25) is 0 Å². The Morgan fingerprint density at radius 2 is 2.00 bits per heavy atom. The minimum atomic E-state index is 0.401. The Hall–Kier alpha value is -1.65. The summed E-state index contributed by atoms with van der Waals surface area (Å²) in [7, 11) is 1.89. The van der Waals surface area contributed by atoms with Crippen molar-refractivity contribution in [2.45, 2.75) is 39.7 Å². The average Bonchev–Trinajstić information content (AvgIpc) is 2.74. The van der Waals surface area contributed by atoms with Crippen LogP contribution < -0.4 is 5.32 Å². The highest BCUT2D eigenvalue weighted by molar-refractivity contribution is 5.86. The van der Waals surface area contributed by atoms with Gasteiger partial charge in [-0.25, -0.2) is 9.97 Å². The molecule has 0 aromatic carbocycles. The van der Waals surface area contributed by atoms with Gasteiger partial charge in [-0.1, -0.05) is 26.7 Å². The second-order valence-corrected chi connectivity index (χ2v) is 4.74. The first-order chi connectivity index (χ1) is 8.67. The van der Waals surface area contributed by atoms with E-state index in [9.17, 15) is 0 Å². The maximum absolute atomic E-state index is 4.34. The summed E-state index contributed by atoms with van der Waals surface area (Å²) in [6.45, 7) is 6.67. The van der Waals surface area contributed by atoms with Crippen LogP contribution in [0.4, 0.5) is 5.82 Å². The van der Waals surface area contributed by atoms with Gasteiger partial charge in [0.25, 0.3) is 0 Å². The number of fused-ring (bicyclic) bond motifs is 1. The van der Waals surface area contributed by atoms with E-state index in [-0.39, 0.29) is 0 Å². The van der Waals surface area contributed by atoms with E-state index in [1.165, 1.54) is 12.8 Å².